The number of nitrogens with one attached hydrogen (secondary N) is 3. The van der Waals surface area contributed by atoms with E-state index >= 15 is 0 Å². The summed E-state index contributed by atoms with van der Waals surface area (Å²) in [4.78, 5) is 37.6. The van der Waals surface area contributed by atoms with Gasteiger partial charge in [-0.25, -0.2) is 9.89 Å². The topological polar surface area (TPSA) is 175 Å². The fourth-order valence-corrected chi connectivity index (χ4v) is 4.55. The Bertz CT molecular complexity index is 1850. The highest BCUT2D eigenvalue weighted by Gasteiger charge is 2.20. The highest BCUT2D eigenvalue weighted by Crippen LogP contribution is 2.23. The zero-order chi connectivity index (χ0) is 31.1. The molecule has 2 amide bonds. The van der Waals surface area contributed by atoms with Crippen LogP contribution in [0.3, 0.4) is 0 Å². The molecule has 15 heteroatoms. The lowest BCUT2D eigenvalue weighted by molar-refractivity contribution is -0.117. The van der Waals surface area contributed by atoms with E-state index in [9.17, 15) is 14.4 Å². The Morgan fingerprint density at radius 2 is 1.95 bits per heavy atom. The zero-order valence-electron chi connectivity index (χ0n) is 23.6. The Hall–Kier alpha value is -5.63. The number of aromatic nitrogens is 8. The van der Waals surface area contributed by atoms with Gasteiger partial charge in [-0.1, -0.05) is 23.7 Å². The van der Waals surface area contributed by atoms with E-state index in [-0.39, 0.29) is 0 Å². The third-order valence-electron chi connectivity index (χ3n) is 6.56. The van der Waals surface area contributed by atoms with Crippen molar-refractivity contribution in [1.29, 1.82) is 0 Å². The number of hydrogen-bond acceptors (Lipinski definition) is 9. The van der Waals surface area contributed by atoms with Gasteiger partial charge in [-0.15, -0.1) is 5.10 Å². The van der Waals surface area contributed by atoms with Crippen molar-refractivity contribution in [3.05, 3.63) is 106 Å². The number of carbonyl (C=O) groups excluding carboxylic acids is 2. The molecule has 0 unspecified atom stereocenters. The van der Waals surface area contributed by atoms with Crippen molar-refractivity contribution in [2.24, 2.45) is 0 Å². The molecule has 3 aromatic heterocycles. The van der Waals surface area contributed by atoms with Crippen molar-refractivity contribution in [3.63, 3.8) is 0 Å². The molecule has 1 atom stereocenters. The normalized spacial score (nSPS) is 11.8. The lowest BCUT2D eigenvalue weighted by atomic mass is 10.0. The number of halogens is 1. The van der Waals surface area contributed by atoms with Gasteiger partial charge >= 0.3 is 6.09 Å². The van der Waals surface area contributed by atoms with Gasteiger partial charge in [-0.3, -0.25) is 19.6 Å². The minimum atomic E-state index is -0.651. The fraction of sp³-hybridized carbons (Fsp3) is 0.172. The Kier molecular flexibility index (Phi) is 9.20. The lowest BCUT2D eigenvalue weighted by Gasteiger charge is -2.17. The molecule has 14 nitrogen and oxygen atoms in total. The van der Waals surface area contributed by atoms with Crippen LogP contribution in [0, 0.1) is 0 Å². The number of carbonyl (C=O) groups is 2. The van der Waals surface area contributed by atoms with E-state index in [0.29, 0.717) is 51.7 Å². The first kappa shape index (κ1) is 29.8. The largest absolute Gasteiger partial charge is 0.453 e. The second-order valence-corrected chi connectivity index (χ2v) is 9.88. The second kappa shape index (κ2) is 13.6. The monoisotopic (exact) mass is 614 g/mol. The summed E-state index contributed by atoms with van der Waals surface area (Å²) >= 11 is 6.21. The van der Waals surface area contributed by atoms with E-state index in [0.717, 1.165) is 5.69 Å². The van der Waals surface area contributed by atoms with E-state index in [1.165, 1.54) is 24.2 Å². The number of ether oxygens (including phenoxy) is 1. The highest BCUT2D eigenvalue weighted by molar-refractivity contribution is 6.30. The van der Waals surface area contributed by atoms with Gasteiger partial charge in [0.2, 0.25) is 5.91 Å². The van der Waals surface area contributed by atoms with Crippen molar-refractivity contribution in [1.82, 2.24) is 45.5 Å². The molecule has 0 fully saturated rings. The molecule has 3 heterocycles. The minimum Gasteiger partial charge on any atom is -0.453 e. The van der Waals surface area contributed by atoms with Crippen LogP contribution in [-0.2, 0) is 22.5 Å². The van der Waals surface area contributed by atoms with E-state index in [1.54, 1.807) is 59.3 Å². The van der Waals surface area contributed by atoms with E-state index in [1.807, 2.05) is 19.2 Å². The number of aryl methyl sites for hydroxylation is 1. The van der Waals surface area contributed by atoms with Crippen molar-refractivity contribution in [2.75, 3.05) is 12.4 Å². The van der Waals surface area contributed by atoms with E-state index < -0.39 is 23.6 Å². The summed E-state index contributed by atoms with van der Waals surface area (Å²) in [6.07, 6.45) is 5.97. The first-order chi connectivity index (χ1) is 21.3. The fourth-order valence-electron chi connectivity index (χ4n) is 4.37. The summed E-state index contributed by atoms with van der Waals surface area (Å²) < 4.78 is 7.86. The van der Waals surface area contributed by atoms with E-state index in [4.69, 9.17) is 11.6 Å². The Labute approximate surface area is 255 Å². The Morgan fingerprint density at radius 3 is 2.66 bits per heavy atom. The van der Waals surface area contributed by atoms with Gasteiger partial charge < -0.3 is 10.1 Å². The molecule has 44 heavy (non-hydrogen) atoms. The molecule has 0 spiro atoms. The molecule has 0 radical (unpaired) electrons. The molecular formula is C29H27ClN10O4. The van der Waals surface area contributed by atoms with Crippen LogP contribution in [0.25, 0.3) is 22.9 Å². The average Bonchev–Trinajstić information content (AvgIpc) is 3.73. The number of methoxy groups -OCH3 is 1. The van der Waals surface area contributed by atoms with Crippen LogP contribution in [0.1, 0.15) is 29.9 Å². The first-order valence-electron chi connectivity index (χ1n) is 13.4. The predicted octanol–water partition coefficient (Wildman–Crippen LogP) is 3.57. The molecule has 5 rings (SSSR count). The number of nitrogens with zero attached hydrogens (tertiary/aromatic N) is 7. The molecule has 5 aromatic rings. The summed E-state index contributed by atoms with van der Waals surface area (Å²) in [5.41, 5.74) is 3.39. The molecule has 3 N–H and O–H groups in total. The van der Waals surface area contributed by atoms with Crippen LogP contribution < -0.4 is 16.2 Å². The maximum Gasteiger partial charge on any atom is 0.411 e. The van der Waals surface area contributed by atoms with Crippen molar-refractivity contribution in [2.45, 2.75) is 25.9 Å². The van der Waals surface area contributed by atoms with Crippen LogP contribution in [0.2, 0.25) is 5.02 Å². The van der Waals surface area contributed by atoms with Crippen LogP contribution in [0.4, 0.5) is 10.5 Å². The number of tetrazole rings is 1. The molecule has 2 aromatic carbocycles. The number of rotatable bonds is 10. The summed E-state index contributed by atoms with van der Waals surface area (Å²) in [5.74, 6) is -0.416. The van der Waals surface area contributed by atoms with Crippen molar-refractivity contribution >= 4 is 35.4 Å². The molecule has 224 valence electrons. The van der Waals surface area contributed by atoms with Gasteiger partial charge in [0, 0.05) is 41.5 Å². The molecule has 0 aliphatic rings. The van der Waals surface area contributed by atoms with Gasteiger partial charge in [0.25, 0.3) is 5.56 Å². The maximum atomic E-state index is 13.3. The van der Waals surface area contributed by atoms with Gasteiger partial charge in [0.1, 0.15) is 6.33 Å². The molecular weight excluding hydrogens is 588 g/mol. The number of hydrogen-bond donors (Lipinski definition) is 3. The van der Waals surface area contributed by atoms with Crippen molar-refractivity contribution in [3.8, 4) is 16.8 Å². The number of benzene rings is 2. The molecule has 0 aliphatic heterocycles. The number of aromatic amines is 1. The standard InChI is InChI=1S/C29H27ClN10O4/c1-3-39-13-12-22(36-39)15-24(33-27(41)11-6-19-14-20(30)7-10-26(19)40-17-31-37-38-40)25-16-23(28(42)35-34-25)18-4-8-21(9-5-18)32-29(43)44-2/h4-14,16-17,24H,3,15H2,1-2H3,(H,32,43)(H,33,41)(H,35,42)/b11-6+/t24-/m0/s1. The lowest BCUT2D eigenvalue weighted by Crippen LogP contribution is -2.30. The van der Waals surface area contributed by atoms with Gasteiger partial charge in [-0.05, 0) is 71.5 Å². The van der Waals surface area contributed by atoms with E-state index in [2.05, 4.69) is 46.2 Å². The maximum absolute atomic E-state index is 13.3. The van der Waals surface area contributed by atoms with Crippen LogP contribution in [0.15, 0.2) is 78.0 Å². The smallest absolute Gasteiger partial charge is 0.411 e. The van der Waals surface area contributed by atoms with Crippen LogP contribution >= 0.6 is 11.6 Å². The summed E-state index contributed by atoms with van der Waals surface area (Å²) in [7, 11) is 1.27. The highest BCUT2D eigenvalue weighted by atomic mass is 35.5. The minimum absolute atomic E-state index is 0.306. The molecule has 0 bridgehead atoms. The number of H-pyrrole nitrogens is 1. The average molecular weight is 615 g/mol. The summed E-state index contributed by atoms with van der Waals surface area (Å²) in [6, 6.07) is 14.6. The van der Waals surface area contributed by atoms with Crippen LogP contribution in [-0.4, -0.2) is 59.3 Å². The number of anilines is 1. The molecule has 0 saturated carbocycles. The molecule has 0 aliphatic carbocycles. The Balaban J connectivity index is 1.43. The zero-order valence-corrected chi connectivity index (χ0v) is 24.4. The first-order valence-corrected chi connectivity index (χ1v) is 13.8. The van der Waals surface area contributed by atoms with Crippen molar-refractivity contribution < 1.29 is 14.3 Å². The summed E-state index contributed by atoms with van der Waals surface area (Å²) in [6.45, 7) is 2.66. The Morgan fingerprint density at radius 1 is 1.14 bits per heavy atom. The van der Waals surface area contributed by atoms with Crippen LogP contribution in [0.5, 0.6) is 0 Å². The molecule has 0 saturated heterocycles. The van der Waals surface area contributed by atoms with Gasteiger partial charge in [-0.2, -0.15) is 14.9 Å². The van der Waals surface area contributed by atoms with Gasteiger partial charge in [0.15, 0.2) is 0 Å². The predicted molar refractivity (Wildman–Crippen MR) is 162 cm³/mol. The van der Waals surface area contributed by atoms with Gasteiger partial charge in [0.05, 0.1) is 35.8 Å². The number of amides is 2. The third kappa shape index (κ3) is 7.22. The third-order valence-corrected chi connectivity index (χ3v) is 6.79. The SMILES string of the molecule is CCn1ccc(C[C@H](NC(=O)/C=C/c2cc(Cl)ccc2-n2cnnn2)c2cc(-c3ccc(NC(=O)OC)cc3)c(=O)[nH]n2)n1. The second-order valence-electron chi connectivity index (χ2n) is 9.45. The summed E-state index contributed by atoms with van der Waals surface area (Å²) in [5, 5.41) is 28.6. The quantitative estimate of drug-likeness (QED) is 0.199.